The molecule has 1 aliphatic heterocycles. The summed E-state index contributed by atoms with van der Waals surface area (Å²) in [5, 5.41) is 0.458. The Kier molecular flexibility index (Phi) is 5.91. The maximum Gasteiger partial charge on any atom is 0.290 e. The van der Waals surface area contributed by atoms with Gasteiger partial charge >= 0.3 is 0 Å². The standard InChI is InChI=1S/C28H25NO6/c1-32-19-11-9-18(10-12-19)25-24-26(30)20-6-4-5-7-21(20)35-27(24)28(31)29(25)15-14-17-8-13-22(33-2)23(16-17)34-3/h4-13,16,25H,14-15H2,1-3H3. The van der Waals surface area contributed by atoms with E-state index in [-0.39, 0.29) is 17.1 Å². The van der Waals surface area contributed by atoms with E-state index in [0.29, 0.717) is 46.7 Å². The Hall–Kier alpha value is -4.26. The number of hydrogen-bond donors (Lipinski definition) is 0. The van der Waals surface area contributed by atoms with Crippen molar-refractivity contribution in [2.45, 2.75) is 12.5 Å². The average molecular weight is 472 g/mol. The summed E-state index contributed by atoms with van der Waals surface area (Å²) in [6.07, 6.45) is 0.556. The normalized spacial score (nSPS) is 14.8. The number of ether oxygens (including phenoxy) is 3. The number of nitrogens with zero attached hydrogens (tertiary/aromatic N) is 1. The minimum atomic E-state index is -0.565. The lowest BCUT2D eigenvalue weighted by atomic mass is 9.98. The lowest BCUT2D eigenvalue weighted by Gasteiger charge is -2.25. The molecule has 7 nitrogen and oxygen atoms in total. The molecule has 0 spiro atoms. The largest absolute Gasteiger partial charge is 0.497 e. The first kappa shape index (κ1) is 22.5. The predicted molar refractivity (Wildman–Crippen MR) is 132 cm³/mol. The number of carbonyl (C=O) groups excluding carboxylic acids is 1. The number of amides is 1. The van der Waals surface area contributed by atoms with Crippen molar-refractivity contribution in [1.29, 1.82) is 0 Å². The molecule has 1 atom stereocenters. The van der Waals surface area contributed by atoms with Gasteiger partial charge in [-0.2, -0.15) is 0 Å². The van der Waals surface area contributed by atoms with Crippen LogP contribution in [0.3, 0.4) is 0 Å². The van der Waals surface area contributed by atoms with Crippen LogP contribution in [0, 0.1) is 0 Å². The van der Waals surface area contributed by atoms with Gasteiger partial charge in [0.2, 0.25) is 5.76 Å². The summed E-state index contributed by atoms with van der Waals surface area (Å²) >= 11 is 0. The van der Waals surface area contributed by atoms with Gasteiger partial charge in [-0.05, 0) is 53.9 Å². The van der Waals surface area contributed by atoms with E-state index in [1.807, 2.05) is 42.5 Å². The van der Waals surface area contributed by atoms with E-state index in [1.165, 1.54) is 0 Å². The molecule has 0 N–H and O–H groups in total. The van der Waals surface area contributed by atoms with Crippen molar-refractivity contribution in [3.63, 3.8) is 0 Å². The maximum atomic E-state index is 13.6. The van der Waals surface area contributed by atoms with E-state index in [2.05, 4.69) is 0 Å². The molecule has 0 fully saturated rings. The molecule has 0 saturated heterocycles. The molecule has 178 valence electrons. The summed E-state index contributed by atoms with van der Waals surface area (Å²) in [7, 11) is 4.77. The Balaban J connectivity index is 1.57. The molecule has 0 saturated carbocycles. The van der Waals surface area contributed by atoms with Gasteiger partial charge in [0.15, 0.2) is 16.9 Å². The minimum Gasteiger partial charge on any atom is -0.497 e. The minimum absolute atomic E-state index is 0.0989. The number of fused-ring (bicyclic) bond motifs is 2. The van der Waals surface area contributed by atoms with Gasteiger partial charge in [-0.1, -0.05) is 30.3 Å². The van der Waals surface area contributed by atoms with E-state index >= 15 is 0 Å². The van der Waals surface area contributed by atoms with Gasteiger partial charge in [0, 0.05) is 6.54 Å². The fourth-order valence-corrected chi connectivity index (χ4v) is 4.62. The fraction of sp³-hybridized carbons (Fsp3) is 0.214. The van der Waals surface area contributed by atoms with Crippen molar-refractivity contribution < 1.29 is 23.4 Å². The number of carbonyl (C=O) groups is 1. The first-order valence-electron chi connectivity index (χ1n) is 11.3. The number of methoxy groups -OCH3 is 3. The number of benzene rings is 3. The van der Waals surface area contributed by atoms with Crippen LogP contribution in [-0.4, -0.2) is 38.7 Å². The van der Waals surface area contributed by atoms with Crippen molar-refractivity contribution in [1.82, 2.24) is 4.90 Å². The van der Waals surface area contributed by atoms with E-state index in [1.54, 1.807) is 50.5 Å². The molecule has 0 bridgehead atoms. The first-order valence-corrected chi connectivity index (χ1v) is 11.3. The Morgan fingerprint density at radius 3 is 2.31 bits per heavy atom. The van der Waals surface area contributed by atoms with Gasteiger partial charge < -0.3 is 23.5 Å². The van der Waals surface area contributed by atoms with Gasteiger partial charge in [-0.25, -0.2) is 0 Å². The summed E-state index contributed by atoms with van der Waals surface area (Å²) in [6, 6.07) is 19.5. The highest BCUT2D eigenvalue weighted by molar-refractivity contribution is 5.99. The Labute approximate surface area is 202 Å². The molecular weight excluding hydrogens is 446 g/mol. The molecule has 7 heteroatoms. The third-order valence-corrected chi connectivity index (χ3v) is 6.39. The number of rotatable bonds is 7. The molecule has 1 aromatic heterocycles. The van der Waals surface area contributed by atoms with Crippen molar-refractivity contribution in [2.75, 3.05) is 27.9 Å². The van der Waals surface area contributed by atoms with Crippen LogP contribution in [-0.2, 0) is 6.42 Å². The number of hydrogen-bond acceptors (Lipinski definition) is 6. The first-order chi connectivity index (χ1) is 17.0. The average Bonchev–Trinajstić information content (AvgIpc) is 3.18. The Bertz CT molecular complexity index is 1460. The molecule has 1 unspecified atom stereocenters. The second-order valence-corrected chi connectivity index (χ2v) is 8.28. The van der Waals surface area contributed by atoms with Crippen LogP contribution in [0.4, 0.5) is 0 Å². The highest BCUT2D eigenvalue weighted by Crippen LogP contribution is 2.39. The van der Waals surface area contributed by atoms with Gasteiger partial charge in [-0.15, -0.1) is 0 Å². The zero-order chi connectivity index (χ0) is 24.5. The van der Waals surface area contributed by atoms with Crippen LogP contribution < -0.4 is 19.6 Å². The summed E-state index contributed by atoms with van der Waals surface area (Å²) in [5.74, 6) is 1.75. The molecule has 4 aromatic rings. The molecule has 35 heavy (non-hydrogen) atoms. The van der Waals surface area contributed by atoms with Crippen LogP contribution in [0.15, 0.2) is 75.9 Å². The SMILES string of the molecule is COc1ccc(C2c3c(oc4ccccc4c3=O)C(=O)N2CCc2ccc(OC)c(OC)c2)cc1. The van der Waals surface area contributed by atoms with Gasteiger partial charge in [0.05, 0.1) is 38.3 Å². The second kappa shape index (κ2) is 9.18. The summed E-state index contributed by atoms with van der Waals surface area (Å²) in [5.41, 5.74) is 2.37. The summed E-state index contributed by atoms with van der Waals surface area (Å²) < 4.78 is 22.0. The lowest BCUT2D eigenvalue weighted by molar-refractivity contribution is 0.0730. The Morgan fingerprint density at radius 2 is 1.60 bits per heavy atom. The zero-order valence-corrected chi connectivity index (χ0v) is 19.7. The third kappa shape index (κ3) is 3.89. The number of para-hydroxylation sites is 1. The van der Waals surface area contributed by atoms with Gasteiger partial charge in [-0.3, -0.25) is 9.59 Å². The smallest absolute Gasteiger partial charge is 0.290 e. The van der Waals surface area contributed by atoms with Crippen molar-refractivity contribution >= 4 is 16.9 Å². The van der Waals surface area contributed by atoms with Crippen molar-refractivity contribution in [2.24, 2.45) is 0 Å². The van der Waals surface area contributed by atoms with Crippen LogP contribution in [0.25, 0.3) is 11.0 Å². The molecule has 0 radical (unpaired) electrons. The molecular formula is C28H25NO6. The molecule has 2 heterocycles. The summed E-state index contributed by atoms with van der Waals surface area (Å²) in [6.45, 7) is 0.380. The fourth-order valence-electron chi connectivity index (χ4n) is 4.62. The molecule has 5 rings (SSSR count). The molecule has 1 amide bonds. The van der Waals surface area contributed by atoms with Gasteiger partial charge in [0.1, 0.15) is 11.3 Å². The van der Waals surface area contributed by atoms with Crippen LogP contribution in [0.2, 0.25) is 0 Å². The quantitative estimate of drug-likeness (QED) is 0.392. The van der Waals surface area contributed by atoms with Crippen LogP contribution in [0.1, 0.15) is 33.3 Å². The monoisotopic (exact) mass is 471 g/mol. The topological polar surface area (TPSA) is 78.2 Å². The molecule has 0 aliphatic carbocycles. The highest BCUT2D eigenvalue weighted by atomic mass is 16.5. The lowest BCUT2D eigenvalue weighted by Crippen LogP contribution is -2.31. The van der Waals surface area contributed by atoms with Crippen LogP contribution >= 0.6 is 0 Å². The predicted octanol–water partition coefficient (Wildman–Crippen LogP) is 4.61. The Morgan fingerprint density at radius 1 is 0.857 bits per heavy atom. The van der Waals surface area contributed by atoms with E-state index in [0.717, 1.165) is 11.1 Å². The summed E-state index contributed by atoms with van der Waals surface area (Å²) in [4.78, 5) is 28.8. The molecule has 1 aliphatic rings. The van der Waals surface area contributed by atoms with E-state index < -0.39 is 6.04 Å². The van der Waals surface area contributed by atoms with E-state index in [4.69, 9.17) is 18.6 Å². The van der Waals surface area contributed by atoms with Crippen LogP contribution in [0.5, 0.6) is 17.2 Å². The second-order valence-electron chi connectivity index (χ2n) is 8.28. The maximum absolute atomic E-state index is 13.6. The zero-order valence-electron chi connectivity index (χ0n) is 19.7. The third-order valence-electron chi connectivity index (χ3n) is 6.39. The van der Waals surface area contributed by atoms with E-state index in [9.17, 15) is 9.59 Å². The van der Waals surface area contributed by atoms with Gasteiger partial charge in [0.25, 0.3) is 5.91 Å². The van der Waals surface area contributed by atoms with Crippen molar-refractivity contribution in [3.05, 3.63) is 99.4 Å². The van der Waals surface area contributed by atoms with Crippen molar-refractivity contribution in [3.8, 4) is 17.2 Å². The molecule has 3 aromatic carbocycles. The highest BCUT2D eigenvalue weighted by Gasteiger charge is 2.42.